The number of amides is 3. The Morgan fingerprint density at radius 1 is 0.927 bits per heavy atom. The van der Waals surface area contributed by atoms with Crippen molar-refractivity contribution in [3.63, 3.8) is 0 Å². The number of carbonyl (C=O) groups excluding carboxylic acids is 3. The summed E-state index contributed by atoms with van der Waals surface area (Å²) in [5.41, 5.74) is 2.21. The standard InChI is InChI=1S/C31H32FN3O4S2/c1-31(2,3)19-9-7-18(8-10-19)23-24-25(28(38)35(27(24)37)21-13-11-20(32)12-14-21)40-29-26(23)41-30(39)34(29)17-22(36)33-15-5-4-6-16-33/h7-14,23-25H,4-6,15-17H2,1-3H3/t23-,24?,25?/m1/s1. The average molecular weight is 594 g/mol. The van der Waals surface area contributed by atoms with Gasteiger partial charge in [-0.25, -0.2) is 9.29 Å². The van der Waals surface area contributed by atoms with Gasteiger partial charge >= 0.3 is 4.87 Å². The van der Waals surface area contributed by atoms with Crippen LogP contribution >= 0.6 is 23.1 Å². The predicted octanol–water partition coefficient (Wildman–Crippen LogP) is 5.15. The van der Waals surface area contributed by atoms with Crippen molar-refractivity contribution in [2.24, 2.45) is 5.92 Å². The fraction of sp³-hybridized carbons (Fsp3) is 0.419. The molecule has 6 rings (SSSR count). The second kappa shape index (κ2) is 10.5. The first-order valence-electron chi connectivity index (χ1n) is 14.0. The van der Waals surface area contributed by atoms with Gasteiger partial charge in [0, 0.05) is 23.9 Å². The molecule has 214 valence electrons. The number of fused-ring (bicyclic) bond motifs is 2. The summed E-state index contributed by atoms with van der Waals surface area (Å²) < 4.78 is 15.2. The quantitative estimate of drug-likeness (QED) is 0.391. The number of nitrogens with zero attached hydrogens (tertiary/aromatic N) is 3. The van der Waals surface area contributed by atoms with Gasteiger partial charge in [0.25, 0.3) is 0 Å². The van der Waals surface area contributed by atoms with Crippen LogP contribution in [0.5, 0.6) is 0 Å². The highest BCUT2D eigenvalue weighted by molar-refractivity contribution is 8.00. The van der Waals surface area contributed by atoms with Gasteiger partial charge in [0.05, 0.1) is 16.6 Å². The minimum absolute atomic E-state index is 0.0733. The van der Waals surface area contributed by atoms with Crippen LogP contribution in [0.3, 0.4) is 0 Å². The van der Waals surface area contributed by atoms with Crippen molar-refractivity contribution in [1.82, 2.24) is 9.47 Å². The van der Waals surface area contributed by atoms with Crippen LogP contribution in [0.1, 0.15) is 62.0 Å². The molecule has 3 aliphatic rings. The second-order valence-electron chi connectivity index (χ2n) is 12.0. The Labute approximate surface area is 246 Å². The Balaban J connectivity index is 1.44. The van der Waals surface area contributed by atoms with E-state index < -0.39 is 28.8 Å². The lowest BCUT2D eigenvalue weighted by Gasteiger charge is -2.31. The summed E-state index contributed by atoms with van der Waals surface area (Å²) in [7, 11) is 0. The van der Waals surface area contributed by atoms with Gasteiger partial charge in [-0.05, 0) is 60.1 Å². The first-order chi connectivity index (χ1) is 19.5. The Morgan fingerprint density at radius 3 is 2.22 bits per heavy atom. The second-order valence-corrected chi connectivity index (χ2v) is 14.1. The van der Waals surface area contributed by atoms with Crippen molar-refractivity contribution in [2.45, 2.75) is 68.2 Å². The van der Waals surface area contributed by atoms with Crippen LogP contribution in [0, 0.1) is 11.7 Å². The maximum absolute atomic E-state index is 14.0. The normalized spacial score (nSPS) is 22.6. The first-order valence-corrected chi connectivity index (χ1v) is 15.7. The van der Waals surface area contributed by atoms with E-state index in [0.717, 1.165) is 46.6 Å². The molecule has 2 saturated heterocycles. The molecule has 3 aliphatic heterocycles. The molecule has 0 bridgehead atoms. The van der Waals surface area contributed by atoms with Crippen LogP contribution in [-0.2, 0) is 26.3 Å². The molecule has 0 aliphatic carbocycles. The van der Waals surface area contributed by atoms with Crippen molar-refractivity contribution >= 4 is 46.5 Å². The molecule has 4 heterocycles. The average Bonchev–Trinajstić information content (AvgIpc) is 3.40. The van der Waals surface area contributed by atoms with Crippen LogP contribution in [0.15, 0.2) is 58.4 Å². The lowest BCUT2D eigenvalue weighted by atomic mass is 9.81. The molecule has 41 heavy (non-hydrogen) atoms. The summed E-state index contributed by atoms with van der Waals surface area (Å²) >= 11 is 2.25. The van der Waals surface area contributed by atoms with Crippen LogP contribution in [-0.4, -0.2) is 45.5 Å². The van der Waals surface area contributed by atoms with E-state index in [4.69, 9.17) is 0 Å². The number of piperidine rings is 1. The highest BCUT2D eigenvalue weighted by Gasteiger charge is 2.56. The molecule has 0 saturated carbocycles. The van der Waals surface area contributed by atoms with E-state index in [1.54, 1.807) is 4.90 Å². The van der Waals surface area contributed by atoms with Crippen LogP contribution in [0.2, 0.25) is 0 Å². The zero-order valence-corrected chi connectivity index (χ0v) is 24.9. The van der Waals surface area contributed by atoms with Gasteiger partial charge in [0.1, 0.15) is 17.6 Å². The van der Waals surface area contributed by atoms with Gasteiger partial charge < -0.3 is 4.90 Å². The highest BCUT2D eigenvalue weighted by atomic mass is 32.2. The molecule has 2 fully saturated rings. The number of aromatic nitrogens is 1. The number of anilines is 1. The summed E-state index contributed by atoms with van der Waals surface area (Å²) in [5, 5.41) is -0.198. The number of likely N-dealkylation sites (tertiary alicyclic amines) is 1. The maximum Gasteiger partial charge on any atom is 0.308 e. The Kier molecular flexibility index (Phi) is 7.18. The maximum atomic E-state index is 14.0. The van der Waals surface area contributed by atoms with Gasteiger partial charge in [-0.1, -0.05) is 68.1 Å². The van der Waals surface area contributed by atoms with Gasteiger partial charge in [-0.2, -0.15) is 0 Å². The Bertz CT molecular complexity index is 1570. The number of thioether (sulfide) groups is 1. The molecule has 7 nitrogen and oxygen atoms in total. The summed E-state index contributed by atoms with van der Waals surface area (Å²) in [6.07, 6.45) is 2.99. The minimum atomic E-state index is -0.780. The molecule has 2 aromatic carbocycles. The molecule has 3 amide bonds. The molecule has 0 radical (unpaired) electrons. The van der Waals surface area contributed by atoms with Crippen molar-refractivity contribution in [3.05, 3.63) is 80.0 Å². The lowest BCUT2D eigenvalue weighted by Crippen LogP contribution is -2.39. The highest BCUT2D eigenvalue weighted by Crippen LogP contribution is 2.54. The van der Waals surface area contributed by atoms with E-state index in [0.29, 0.717) is 28.7 Å². The molecule has 3 atom stereocenters. The zero-order chi connectivity index (χ0) is 29.1. The smallest absolute Gasteiger partial charge is 0.308 e. The number of imide groups is 1. The molecule has 1 aromatic heterocycles. The number of carbonyl (C=O) groups is 3. The molecular weight excluding hydrogens is 561 g/mol. The number of thiazole rings is 1. The van der Waals surface area contributed by atoms with Crippen LogP contribution < -0.4 is 9.77 Å². The summed E-state index contributed by atoms with van der Waals surface area (Å²) in [5.74, 6) is -2.60. The van der Waals surface area contributed by atoms with Gasteiger partial charge in [-0.3, -0.25) is 23.7 Å². The van der Waals surface area contributed by atoms with E-state index in [-0.39, 0.29) is 28.6 Å². The van der Waals surface area contributed by atoms with Crippen molar-refractivity contribution in [2.75, 3.05) is 18.0 Å². The molecule has 10 heteroatoms. The predicted molar refractivity (Wildman–Crippen MR) is 158 cm³/mol. The third-order valence-corrected chi connectivity index (χ3v) is 10.9. The largest absolute Gasteiger partial charge is 0.341 e. The van der Waals surface area contributed by atoms with E-state index >= 15 is 0 Å². The number of hydrogen-bond donors (Lipinski definition) is 0. The molecule has 0 N–H and O–H groups in total. The van der Waals surface area contributed by atoms with Crippen molar-refractivity contribution < 1.29 is 18.8 Å². The topological polar surface area (TPSA) is 79.7 Å². The number of benzene rings is 2. The number of hydrogen-bond acceptors (Lipinski definition) is 6. The Hall–Kier alpha value is -3.24. The SMILES string of the molecule is CC(C)(C)c1ccc([C@H]2c3sc(=O)n(CC(=O)N4CCCCC4)c3SC3C(=O)N(c4ccc(F)cc4)C(=O)C32)cc1. The number of rotatable bonds is 4. The summed E-state index contributed by atoms with van der Waals surface area (Å²) in [4.78, 5) is 57.8. The van der Waals surface area contributed by atoms with Crippen molar-refractivity contribution in [1.29, 1.82) is 0 Å². The third kappa shape index (κ3) is 4.95. The third-order valence-electron chi connectivity index (χ3n) is 8.27. The lowest BCUT2D eigenvalue weighted by molar-refractivity contribution is -0.133. The molecule has 3 aromatic rings. The molecular formula is C31H32FN3O4S2. The monoisotopic (exact) mass is 593 g/mol. The molecule has 0 spiro atoms. The van der Waals surface area contributed by atoms with E-state index in [1.807, 2.05) is 24.3 Å². The summed E-state index contributed by atoms with van der Waals surface area (Å²) in [6, 6.07) is 13.4. The fourth-order valence-electron chi connectivity index (χ4n) is 6.03. The van der Waals surface area contributed by atoms with E-state index in [9.17, 15) is 23.6 Å². The van der Waals surface area contributed by atoms with E-state index in [2.05, 4.69) is 20.8 Å². The Morgan fingerprint density at radius 2 is 1.59 bits per heavy atom. The van der Waals surface area contributed by atoms with Crippen molar-refractivity contribution in [3.8, 4) is 0 Å². The summed E-state index contributed by atoms with van der Waals surface area (Å²) in [6.45, 7) is 7.64. The van der Waals surface area contributed by atoms with Gasteiger partial charge in [0.15, 0.2) is 0 Å². The minimum Gasteiger partial charge on any atom is -0.341 e. The van der Waals surface area contributed by atoms with Crippen LogP contribution in [0.25, 0.3) is 0 Å². The zero-order valence-electron chi connectivity index (χ0n) is 23.3. The first kappa shape index (κ1) is 27.9. The van der Waals surface area contributed by atoms with Gasteiger partial charge in [0.2, 0.25) is 17.7 Å². The molecule has 2 unspecified atom stereocenters. The van der Waals surface area contributed by atoms with Gasteiger partial charge in [-0.15, -0.1) is 0 Å². The number of halogens is 1. The van der Waals surface area contributed by atoms with Crippen LogP contribution in [0.4, 0.5) is 10.1 Å². The fourth-order valence-corrected chi connectivity index (χ4v) is 8.80. The van der Waals surface area contributed by atoms with E-state index in [1.165, 1.54) is 40.6 Å².